The number of rotatable bonds is 6. The Morgan fingerprint density at radius 1 is 1.00 bits per heavy atom. The molecule has 1 atom stereocenters. The van der Waals surface area contributed by atoms with E-state index in [1.807, 2.05) is 48.5 Å². The van der Waals surface area contributed by atoms with Crippen molar-refractivity contribution in [3.63, 3.8) is 0 Å². The SMILES string of the molecule is CC(C)(C)c1ccc(C(=O)NC[C@@H](c2ccco2)N2CCN(c3ccc(F)cc3)CC2)cc1. The Bertz CT molecular complexity index is 1030. The molecule has 6 heteroatoms. The fraction of sp³-hybridized carbons (Fsp3) is 0.370. The molecule has 0 saturated carbocycles. The van der Waals surface area contributed by atoms with Gasteiger partial charge in [0.2, 0.25) is 0 Å². The largest absolute Gasteiger partial charge is 0.468 e. The first-order valence-corrected chi connectivity index (χ1v) is 11.5. The van der Waals surface area contributed by atoms with Crippen LogP contribution < -0.4 is 10.2 Å². The molecule has 2 heterocycles. The second-order valence-corrected chi connectivity index (χ2v) is 9.57. The molecule has 0 radical (unpaired) electrons. The van der Waals surface area contributed by atoms with Crippen LogP contribution in [0.15, 0.2) is 71.3 Å². The van der Waals surface area contributed by atoms with Crippen molar-refractivity contribution in [2.45, 2.75) is 32.2 Å². The number of hydrogen-bond acceptors (Lipinski definition) is 4. The fourth-order valence-corrected chi connectivity index (χ4v) is 4.25. The highest BCUT2D eigenvalue weighted by Gasteiger charge is 2.27. The molecule has 174 valence electrons. The number of furan rings is 1. The first kappa shape index (κ1) is 23.1. The molecule has 0 spiro atoms. The van der Waals surface area contributed by atoms with Gasteiger partial charge in [0.05, 0.1) is 12.3 Å². The third kappa shape index (κ3) is 5.63. The van der Waals surface area contributed by atoms with Gasteiger partial charge in [0, 0.05) is 44.0 Å². The number of amides is 1. The second kappa shape index (κ2) is 9.79. The number of hydrogen-bond donors (Lipinski definition) is 1. The number of nitrogens with one attached hydrogen (secondary N) is 1. The van der Waals surface area contributed by atoms with Crippen LogP contribution in [0.3, 0.4) is 0 Å². The molecule has 1 saturated heterocycles. The normalized spacial score (nSPS) is 15.9. The standard InChI is InChI=1S/C27H32FN3O2/c1-27(2,3)21-8-6-20(7-9-21)26(32)29-19-24(25-5-4-18-33-25)31-16-14-30(15-17-31)23-12-10-22(28)11-13-23/h4-13,18,24H,14-17,19H2,1-3H3,(H,29,32)/t24-/m0/s1. The zero-order valence-corrected chi connectivity index (χ0v) is 19.6. The lowest BCUT2D eigenvalue weighted by atomic mass is 9.87. The molecular formula is C27H32FN3O2. The Balaban J connectivity index is 1.39. The zero-order chi connectivity index (χ0) is 23.4. The molecule has 1 aliphatic heterocycles. The predicted octanol–water partition coefficient (Wildman–Crippen LogP) is 5.01. The van der Waals surface area contributed by atoms with Crippen LogP contribution in [-0.4, -0.2) is 43.5 Å². The number of carbonyl (C=O) groups is 1. The molecule has 1 amide bonds. The highest BCUT2D eigenvalue weighted by Crippen LogP contribution is 2.25. The summed E-state index contributed by atoms with van der Waals surface area (Å²) in [5.41, 5.74) is 2.93. The topological polar surface area (TPSA) is 48.7 Å². The van der Waals surface area contributed by atoms with E-state index in [1.165, 1.54) is 17.7 Å². The average molecular weight is 450 g/mol. The van der Waals surface area contributed by atoms with E-state index in [9.17, 15) is 9.18 Å². The number of anilines is 1. The molecule has 4 rings (SSSR count). The molecule has 1 aromatic heterocycles. The van der Waals surface area contributed by atoms with Crippen molar-refractivity contribution in [3.05, 3.63) is 89.6 Å². The van der Waals surface area contributed by atoms with E-state index in [0.717, 1.165) is 37.6 Å². The van der Waals surface area contributed by atoms with Gasteiger partial charge in [0.15, 0.2) is 0 Å². The lowest BCUT2D eigenvalue weighted by Gasteiger charge is -2.39. The van der Waals surface area contributed by atoms with Gasteiger partial charge in [-0.25, -0.2) is 4.39 Å². The Morgan fingerprint density at radius 2 is 1.67 bits per heavy atom. The van der Waals surface area contributed by atoms with Gasteiger partial charge in [-0.15, -0.1) is 0 Å². The third-order valence-corrected chi connectivity index (χ3v) is 6.29. The monoisotopic (exact) mass is 449 g/mol. The van der Waals surface area contributed by atoms with E-state index >= 15 is 0 Å². The molecule has 0 bridgehead atoms. The first-order chi connectivity index (χ1) is 15.8. The molecule has 0 aliphatic carbocycles. The van der Waals surface area contributed by atoms with Crippen molar-refractivity contribution < 1.29 is 13.6 Å². The lowest BCUT2D eigenvalue weighted by Crippen LogP contribution is -2.49. The van der Waals surface area contributed by atoms with E-state index < -0.39 is 0 Å². The number of piperazine rings is 1. The Hall–Kier alpha value is -3.12. The van der Waals surface area contributed by atoms with Crippen LogP contribution in [0, 0.1) is 5.82 Å². The average Bonchev–Trinajstić information content (AvgIpc) is 3.34. The van der Waals surface area contributed by atoms with Crippen LogP contribution >= 0.6 is 0 Å². The molecule has 1 aliphatic rings. The quantitative estimate of drug-likeness (QED) is 0.575. The molecule has 33 heavy (non-hydrogen) atoms. The van der Waals surface area contributed by atoms with Crippen molar-refractivity contribution in [2.24, 2.45) is 0 Å². The molecule has 1 fully saturated rings. The highest BCUT2D eigenvalue weighted by molar-refractivity contribution is 5.94. The molecular weight excluding hydrogens is 417 g/mol. The van der Waals surface area contributed by atoms with Crippen LogP contribution in [-0.2, 0) is 5.41 Å². The third-order valence-electron chi connectivity index (χ3n) is 6.29. The van der Waals surface area contributed by atoms with Crippen molar-refractivity contribution in [1.29, 1.82) is 0 Å². The molecule has 2 aromatic carbocycles. The van der Waals surface area contributed by atoms with Crippen LogP contribution in [0.4, 0.5) is 10.1 Å². The van der Waals surface area contributed by atoms with E-state index in [1.54, 1.807) is 6.26 Å². The van der Waals surface area contributed by atoms with Crippen LogP contribution in [0.1, 0.15) is 48.5 Å². The lowest BCUT2D eigenvalue weighted by molar-refractivity contribution is 0.0922. The number of carbonyl (C=O) groups excluding carboxylic acids is 1. The summed E-state index contributed by atoms with van der Waals surface area (Å²) in [6.07, 6.45) is 1.67. The summed E-state index contributed by atoms with van der Waals surface area (Å²) in [7, 11) is 0. The highest BCUT2D eigenvalue weighted by atomic mass is 19.1. The summed E-state index contributed by atoms with van der Waals surface area (Å²) in [5, 5.41) is 3.10. The molecule has 0 unspecified atom stereocenters. The number of nitrogens with zero attached hydrogens (tertiary/aromatic N) is 2. The van der Waals surface area contributed by atoms with Crippen LogP contribution in [0.5, 0.6) is 0 Å². The predicted molar refractivity (Wildman–Crippen MR) is 129 cm³/mol. The summed E-state index contributed by atoms with van der Waals surface area (Å²) in [5.74, 6) is 0.532. The summed E-state index contributed by atoms with van der Waals surface area (Å²) < 4.78 is 19.0. The van der Waals surface area contributed by atoms with Gasteiger partial charge >= 0.3 is 0 Å². The molecule has 5 nitrogen and oxygen atoms in total. The Labute approximate surface area is 195 Å². The summed E-state index contributed by atoms with van der Waals surface area (Å²) >= 11 is 0. The molecule has 3 aromatic rings. The van der Waals surface area contributed by atoms with E-state index in [4.69, 9.17) is 4.42 Å². The molecule has 1 N–H and O–H groups in total. The first-order valence-electron chi connectivity index (χ1n) is 11.5. The van der Waals surface area contributed by atoms with Gasteiger partial charge < -0.3 is 14.6 Å². The van der Waals surface area contributed by atoms with Gasteiger partial charge in [-0.2, -0.15) is 0 Å². The van der Waals surface area contributed by atoms with Crippen molar-refractivity contribution in [3.8, 4) is 0 Å². The van der Waals surface area contributed by atoms with Crippen LogP contribution in [0.25, 0.3) is 0 Å². The van der Waals surface area contributed by atoms with Crippen LogP contribution in [0.2, 0.25) is 0 Å². The van der Waals surface area contributed by atoms with E-state index in [-0.39, 0.29) is 23.2 Å². The summed E-state index contributed by atoms with van der Waals surface area (Å²) in [4.78, 5) is 17.4. The smallest absolute Gasteiger partial charge is 0.251 e. The fourth-order valence-electron chi connectivity index (χ4n) is 4.25. The van der Waals surface area contributed by atoms with E-state index in [0.29, 0.717) is 12.1 Å². The van der Waals surface area contributed by atoms with Gasteiger partial charge in [0.25, 0.3) is 5.91 Å². The number of benzene rings is 2. The Morgan fingerprint density at radius 3 is 2.24 bits per heavy atom. The van der Waals surface area contributed by atoms with Gasteiger partial charge in [-0.3, -0.25) is 9.69 Å². The van der Waals surface area contributed by atoms with Gasteiger partial charge in [-0.05, 0) is 59.5 Å². The zero-order valence-electron chi connectivity index (χ0n) is 19.6. The van der Waals surface area contributed by atoms with Crippen molar-refractivity contribution in [2.75, 3.05) is 37.6 Å². The maximum Gasteiger partial charge on any atom is 0.251 e. The summed E-state index contributed by atoms with van der Waals surface area (Å²) in [6.45, 7) is 10.2. The van der Waals surface area contributed by atoms with Crippen molar-refractivity contribution in [1.82, 2.24) is 10.2 Å². The maximum atomic E-state index is 13.3. The Kier molecular flexibility index (Phi) is 6.84. The van der Waals surface area contributed by atoms with Gasteiger partial charge in [0.1, 0.15) is 11.6 Å². The minimum Gasteiger partial charge on any atom is -0.468 e. The summed E-state index contributed by atoms with van der Waals surface area (Å²) in [6, 6.07) is 18.2. The second-order valence-electron chi connectivity index (χ2n) is 9.57. The van der Waals surface area contributed by atoms with Gasteiger partial charge in [-0.1, -0.05) is 32.9 Å². The minimum absolute atomic E-state index is 0.0480. The minimum atomic E-state index is -0.223. The number of halogens is 1. The van der Waals surface area contributed by atoms with Crippen molar-refractivity contribution >= 4 is 11.6 Å². The van der Waals surface area contributed by atoms with E-state index in [2.05, 4.69) is 35.9 Å². The maximum absolute atomic E-state index is 13.3.